The monoisotopic (exact) mass is 673 g/mol. The van der Waals surface area contributed by atoms with Gasteiger partial charge in [0.05, 0.1) is 5.92 Å². The van der Waals surface area contributed by atoms with Gasteiger partial charge in [-0.15, -0.1) is 0 Å². The topological polar surface area (TPSA) is 132 Å². The van der Waals surface area contributed by atoms with Crippen LogP contribution in [-0.4, -0.2) is 17.9 Å². The molecular weight excluding hydrogens is 644 g/mol. The standard InChI is InChI=1S/C28H22Cl2FNO3.C8H8N2O2/c1-28(2)21(15-22(30)17-8-11-19(29)12-9-17)26(28)27(33)35-25(16-32)18-10-13-23(31)24(14-18)34-20-6-4-3-5-7-20;9-8(12)10-7(11)6-4-2-1-3-5-6/h3-15,21,25-26H,1-2H3;1-5H,(H3,9,10,11,12). The molecule has 47 heavy (non-hydrogen) atoms. The van der Waals surface area contributed by atoms with E-state index in [1.54, 1.807) is 78.9 Å². The van der Waals surface area contributed by atoms with E-state index in [-0.39, 0.29) is 11.7 Å². The number of nitriles is 1. The minimum Gasteiger partial charge on any atom is -0.454 e. The molecule has 1 fully saturated rings. The van der Waals surface area contributed by atoms with Crippen molar-refractivity contribution in [3.63, 3.8) is 0 Å². The van der Waals surface area contributed by atoms with Gasteiger partial charge in [0.1, 0.15) is 11.8 Å². The van der Waals surface area contributed by atoms with Gasteiger partial charge in [0.2, 0.25) is 6.10 Å². The third kappa shape index (κ3) is 9.19. The lowest BCUT2D eigenvalue weighted by molar-refractivity contribution is -0.149. The van der Waals surface area contributed by atoms with Crippen molar-refractivity contribution in [2.45, 2.75) is 20.0 Å². The maximum atomic E-state index is 14.3. The lowest BCUT2D eigenvalue weighted by atomic mass is 10.1. The number of nitrogens with zero attached hydrogens (tertiary/aromatic N) is 1. The zero-order valence-electron chi connectivity index (χ0n) is 25.3. The predicted octanol–water partition coefficient (Wildman–Crippen LogP) is 8.43. The normalized spacial score (nSPS) is 16.7. The minimum atomic E-state index is -1.21. The predicted molar refractivity (Wildman–Crippen MR) is 177 cm³/mol. The second-order valence-corrected chi connectivity index (χ2v) is 11.9. The van der Waals surface area contributed by atoms with E-state index >= 15 is 0 Å². The highest BCUT2D eigenvalue weighted by Crippen LogP contribution is 2.60. The lowest BCUT2D eigenvalue weighted by Crippen LogP contribution is -2.34. The van der Waals surface area contributed by atoms with Crippen LogP contribution in [0, 0.1) is 34.4 Å². The first-order valence-electron chi connectivity index (χ1n) is 14.3. The molecule has 0 radical (unpaired) electrons. The van der Waals surface area contributed by atoms with E-state index in [4.69, 9.17) is 38.4 Å². The fourth-order valence-electron chi connectivity index (χ4n) is 4.81. The molecule has 1 aliphatic rings. The van der Waals surface area contributed by atoms with Crippen molar-refractivity contribution in [2.75, 3.05) is 0 Å². The van der Waals surface area contributed by atoms with Crippen LogP contribution < -0.4 is 15.8 Å². The maximum Gasteiger partial charge on any atom is 0.319 e. The Morgan fingerprint density at radius 2 is 1.57 bits per heavy atom. The Morgan fingerprint density at radius 1 is 0.957 bits per heavy atom. The van der Waals surface area contributed by atoms with E-state index < -0.39 is 41.2 Å². The Bertz CT molecular complexity index is 1810. The summed E-state index contributed by atoms with van der Waals surface area (Å²) >= 11 is 12.4. The molecule has 0 spiro atoms. The number of rotatable bonds is 8. The Balaban J connectivity index is 0.000000351. The number of hydrogen-bond donors (Lipinski definition) is 2. The van der Waals surface area contributed by atoms with E-state index in [1.807, 2.05) is 37.4 Å². The number of nitrogens with one attached hydrogen (secondary N) is 1. The van der Waals surface area contributed by atoms with E-state index in [1.165, 1.54) is 18.2 Å². The molecule has 3 amide bonds. The zero-order valence-corrected chi connectivity index (χ0v) is 26.8. The first-order chi connectivity index (χ1) is 22.4. The van der Waals surface area contributed by atoms with Crippen LogP contribution in [0.15, 0.2) is 109 Å². The van der Waals surface area contributed by atoms with E-state index in [2.05, 4.69) is 0 Å². The highest BCUT2D eigenvalue weighted by atomic mass is 35.5. The highest BCUT2D eigenvalue weighted by Gasteiger charge is 2.62. The summed E-state index contributed by atoms with van der Waals surface area (Å²) in [7, 11) is 0. The summed E-state index contributed by atoms with van der Waals surface area (Å²) < 4.78 is 25.5. The van der Waals surface area contributed by atoms with Crippen molar-refractivity contribution in [1.82, 2.24) is 5.32 Å². The number of ether oxygens (including phenoxy) is 2. The van der Waals surface area contributed by atoms with Crippen LogP contribution in [0.1, 0.15) is 41.4 Å². The number of benzene rings is 4. The number of carbonyl (C=O) groups excluding carboxylic acids is 3. The molecule has 1 aliphatic carbocycles. The number of para-hydroxylation sites is 1. The summed E-state index contributed by atoms with van der Waals surface area (Å²) in [6.45, 7) is 3.88. The van der Waals surface area contributed by atoms with Crippen molar-refractivity contribution in [1.29, 1.82) is 5.26 Å². The summed E-state index contributed by atoms with van der Waals surface area (Å²) in [6, 6.07) is 29.3. The smallest absolute Gasteiger partial charge is 0.319 e. The van der Waals surface area contributed by atoms with Crippen molar-refractivity contribution < 1.29 is 28.2 Å². The number of urea groups is 1. The molecule has 0 aromatic heterocycles. The van der Waals surface area contributed by atoms with Gasteiger partial charge in [-0.1, -0.05) is 97.7 Å². The number of esters is 1. The Kier molecular flexibility index (Phi) is 11.4. The molecule has 0 heterocycles. The van der Waals surface area contributed by atoms with Crippen LogP contribution in [0.2, 0.25) is 5.02 Å². The van der Waals surface area contributed by atoms with Gasteiger partial charge in [-0.25, -0.2) is 9.18 Å². The summed E-state index contributed by atoms with van der Waals surface area (Å²) in [5, 5.41) is 12.8. The van der Waals surface area contributed by atoms with Crippen molar-refractivity contribution in [2.24, 2.45) is 23.0 Å². The fraction of sp³-hybridized carbons (Fsp3) is 0.167. The molecule has 3 unspecified atom stereocenters. The van der Waals surface area contributed by atoms with Crippen molar-refractivity contribution in [3.8, 4) is 17.6 Å². The zero-order chi connectivity index (χ0) is 34.1. The van der Waals surface area contributed by atoms with Crippen LogP contribution in [0.4, 0.5) is 9.18 Å². The molecule has 4 aromatic carbocycles. The van der Waals surface area contributed by atoms with Crippen LogP contribution in [-0.2, 0) is 9.53 Å². The van der Waals surface area contributed by atoms with Gasteiger partial charge in [0.25, 0.3) is 5.91 Å². The van der Waals surface area contributed by atoms with Gasteiger partial charge >= 0.3 is 12.0 Å². The summed E-state index contributed by atoms with van der Waals surface area (Å²) in [5.74, 6) is -1.84. The Labute approximate surface area is 281 Å². The maximum absolute atomic E-state index is 14.3. The quantitative estimate of drug-likeness (QED) is 0.180. The number of halogens is 3. The van der Waals surface area contributed by atoms with E-state index in [0.717, 1.165) is 5.56 Å². The van der Waals surface area contributed by atoms with Crippen LogP contribution >= 0.6 is 23.2 Å². The van der Waals surface area contributed by atoms with Gasteiger partial charge in [0, 0.05) is 21.2 Å². The fourth-order valence-corrected chi connectivity index (χ4v) is 5.20. The number of carbonyl (C=O) groups is 3. The summed E-state index contributed by atoms with van der Waals surface area (Å²) in [4.78, 5) is 34.3. The number of allylic oxidation sites excluding steroid dienone is 1. The summed E-state index contributed by atoms with van der Waals surface area (Å²) in [6.07, 6.45) is 0.621. The van der Waals surface area contributed by atoms with E-state index in [0.29, 0.717) is 26.9 Å². The first kappa shape index (κ1) is 34.7. The molecule has 11 heteroatoms. The molecule has 3 atom stereocenters. The third-order valence-electron chi connectivity index (χ3n) is 7.46. The van der Waals surface area contributed by atoms with Gasteiger partial charge in [0.15, 0.2) is 11.6 Å². The van der Waals surface area contributed by atoms with Gasteiger partial charge in [-0.05, 0) is 65.4 Å². The molecule has 0 aliphatic heterocycles. The molecule has 5 rings (SSSR count). The van der Waals surface area contributed by atoms with E-state index in [9.17, 15) is 24.0 Å². The number of amides is 3. The average molecular weight is 675 g/mol. The largest absolute Gasteiger partial charge is 0.454 e. The second kappa shape index (κ2) is 15.4. The van der Waals surface area contributed by atoms with Crippen molar-refractivity contribution in [3.05, 3.63) is 137 Å². The Hall–Kier alpha value is -5.17. The molecule has 3 N–H and O–H groups in total. The van der Waals surface area contributed by atoms with Crippen LogP contribution in [0.25, 0.3) is 5.03 Å². The number of hydrogen-bond acceptors (Lipinski definition) is 6. The molecule has 1 saturated carbocycles. The van der Waals surface area contributed by atoms with Crippen LogP contribution in [0.5, 0.6) is 11.5 Å². The summed E-state index contributed by atoms with van der Waals surface area (Å²) in [5.41, 5.74) is 5.89. The second-order valence-electron chi connectivity index (χ2n) is 11.1. The molecular formula is C36H30Cl2FN3O5. The number of primary amides is 1. The van der Waals surface area contributed by atoms with Crippen LogP contribution in [0.3, 0.4) is 0 Å². The number of imide groups is 1. The molecule has 0 bridgehead atoms. The molecule has 4 aromatic rings. The average Bonchev–Trinajstić information content (AvgIpc) is 3.60. The lowest BCUT2D eigenvalue weighted by Gasteiger charge is -2.14. The first-order valence-corrected chi connectivity index (χ1v) is 15.1. The van der Waals surface area contributed by atoms with Gasteiger partial charge < -0.3 is 15.2 Å². The van der Waals surface area contributed by atoms with Gasteiger partial charge in [-0.2, -0.15) is 5.26 Å². The molecule has 0 saturated heterocycles. The highest BCUT2D eigenvalue weighted by molar-refractivity contribution is 6.48. The van der Waals surface area contributed by atoms with Crippen molar-refractivity contribution >= 4 is 46.1 Å². The SMILES string of the molecule is CC1(C)C(C=C(Cl)c2ccc(Cl)cc2)C1C(=O)OC(C#N)c1ccc(F)c(Oc2ccccc2)c1.NC(=O)NC(=O)c1ccccc1. The third-order valence-corrected chi connectivity index (χ3v) is 8.06. The Morgan fingerprint density at radius 3 is 2.17 bits per heavy atom. The minimum absolute atomic E-state index is 0.0627. The van der Waals surface area contributed by atoms with Gasteiger partial charge in [-0.3, -0.25) is 14.9 Å². The number of nitrogens with two attached hydrogens (primary N) is 1. The molecule has 8 nitrogen and oxygen atoms in total. The molecule has 240 valence electrons.